The Balaban J connectivity index is 3.10. The van der Waals surface area contributed by atoms with Gasteiger partial charge in [0, 0.05) is 13.0 Å². The van der Waals surface area contributed by atoms with Gasteiger partial charge in [-0.25, -0.2) is 5.01 Å². The van der Waals surface area contributed by atoms with Gasteiger partial charge in [-0.1, -0.05) is 43.1 Å². The Morgan fingerprint density at radius 3 is 2.53 bits per heavy atom. The van der Waals surface area contributed by atoms with Gasteiger partial charge in [-0.3, -0.25) is 10.6 Å². The van der Waals surface area contributed by atoms with E-state index >= 15 is 0 Å². The summed E-state index contributed by atoms with van der Waals surface area (Å²) in [5, 5.41) is 11.5. The molecule has 1 unspecified atom stereocenters. The van der Waals surface area contributed by atoms with Crippen LogP contribution >= 0.6 is 23.2 Å². The van der Waals surface area contributed by atoms with Crippen LogP contribution in [0.3, 0.4) is 0 Å². The molecule has 3 N–H and O–H groups in total. The average molecular weight is 305 g/mol. The quantitative estimate of drug-likeness (QED) is 0.626. The van der Waals surface area contributed by atoms with E-state index in [1.54, 1.807) is 6.07 Å². The van der Waals surface area contributed by atoms with Crippen molar-refractivity contribution in [2.75, 3.05) is 6.54 Å². The van der Waals surface area contributed by atoms with Crippen LogP contribution in [0.4, 0.5) is 0 Å². The first-order chi connectivity index (χ1) is 8.92. The molecule has 19 heavy (non-hydrogen) atoms. The normalized spacial score (nSPS) is 12.7. The molecule has 1 atom stereocenters. The molecule has 0 saturated carbocycles. The molecule has 0 aromatic heterocycles. The number of aliphatic carboxylic acids is 1. The SMILES string of the molecule is CCc1c(CC(C(=O)O)N(N)CC)ccc(Cl)c1Cl. The van der Waals surface area contributed by atoms with Gasteiger partial charge in [0.1, 0.15) is 6.04 Å². The van der Waals surface area contributed by atoms with Gasteiger partial charge in [-0.05, 0) is 23.6 Å². The van der Waals surface area contributed by atoms with Gasteiger partial charge in [-0.2, -0.15) is 0 Å². The lowest BCUT2D eigenvalue weighted by Crippen LogP contribution is -2.47. The van der Waals surface area contributed by atoms with Crippen LogP contribution in [0.1, 0.15) is 25.0 Å². The number of carboxylic acids is 1. The molecule has 0 fully saturated rings. The van der Waals surface area contributed by atoms with Crippen LogP contribution in [0, 0.1) is 0 Å². The molecular formula is C13H18Cl2N2O2. The monoisotopic (exact) mass is 304 g/mol. The van der Waals surface area contributed by atoms with E-state index in [0.717, 1.165) is 11.1 Å². The summed E-state index contributed by atoms with van der Waals surface area (Å²) in [6, 6.07) is 2.73. The Kier molecular flexibility index (Phi) is 6.07. The molecule has 0 radical (unpaired) electrons. The number of rotatable bonds is 6. The fourth-order valence-corrected chi connectivity index (χ4v) is 2.48. The standard InChI is InChI=1S/C13H18Cl2N2O2/c1-3-9-8(5-6-10(14)12(9)15)7-11(13(18)19)17(16)4-2/h5-6,11H,3-4,7,16H2,1-2H3,(H,18,19). The number of carbonyl (C=O) groups is 1. The van der Waals surface area contributed by atoms with Gasteiger partial charge in [0.15, 0.2) is 0 Å². The Hall–Kier alpha value is -0.810. The number of halogens is 2. The minimum absolute atomic E-state index is 0.305. The van der Waals surface area contributed by atoms with Crippen molar-refractivity contribution in [3.8, 4) is 0 Å². The third-order valence-corrected chi connectivity index (χ3v) is 3.95. The number of hydrazine groups is 1. The zero-order valence-corrected chi connectivity index (χ0v) is 12.5. The predicted molar refractivity (Wildman–Crippen MR) is 77.5 cm³/mol. The minimum Gasteiger partial charge on any atom is -0.480 e. The Morgan fingerprint density at radius 1 is 1.42 bits per heavy atom. The van der Waals surface area contributed by atoms with E-state index in [1.165, 1.54) is 5.01 Å². The summed E-state index contributed by atoms with van der Waals surface area (Å²) in [5.41, 5.74) is 1.75. The minimum atomic E-state index is -0.947. The smallest absolute Gasteiger partial charge is 0.322 e. The highest BCUT2D eigenvalue weighted by molar-refractivity contribution is 6.42. The lowest BCUT2D eigenvalue weighted by Gasteiger charge is -2.23. The van der Waals surface area contributed by atoms with Crippen molar-refractivity contribution in [2.24, 2.45) is 5.84 Å². The Morgan fingerprint density at radius 2 is 2.05 bits per heavy atom. The molecular weight excluding hydrogens is 287 g/mol. The topological polar surface area (TPSA) is 66.6 Å². The van der Waals surface area contributed by atoms with Gasteiger partial charge in [0.05, 0.1) is 10.0 Å². The molecule has 1 rings (SSSR count). The molecule has 0 amide bonds. The highest BCUT2D eigenvalue weighted by Crippen LogP contribution is 2.30. The summed E-state index contributed by atoms with van der Waals surface area (Å²) in [7, 11) is 0. The second-order valence-electron chi connectivity index (χ2n) is 4.24. The maximum Gasteiger partial charge on any atom is 0.322 e. The molecule has 0 heterocycles. The summed E-state index contributed by atoms with van der Waals surface area (Å²) in [5.74, 6) is 4.77. The third kappa shape index (κ3) is 3.83. The summed E-state index contributed by atoms with van der Waals surface area (Å²) >= 11 is 12.1. The molecule has 0 spiro atoms. The first-order valence-corrected chi connectivity index (χ1v) is 6.87. The maximum absolute atomic E-state index is 11.3. The Labute approximate surface area is 123 Å². The van der Waals surface area contributed by atoms with Crippen molar-refractivity contribution in [2.45, 2.75) is 32.7 Å². The van der Waals surface area contributed by atoms with Crippen molar-refractivity contribution in [3.05, 3.63) is 33.3 Å². The molecule has 0 aliphatic heterocycles. The van der Waals surface area contributed by atoms with Gasteiger partial charge in [-0.15, -0.1) is 0 Å². The van der Waals surface area contributed by atoms with Crippen LogP contribution in [0.15, 0.2) is 12.1 Å². The van der Waals surface area contributed by atoms with E-state index in [2.05, 4.69) is 0 Å². The van der Waals surface area contributed by atoms with Gasteiger partial charge < -0.3 is 5.11 Å². The highest BCUT2D eigenvalue weighted by atomic mass is 35.5. The van der Waals surface area contributed by atoms with Gasteiger partial charge >= 0.3 is 5.97 Å². The number of carboxylic acid groups (broad SMARTS) is 1. The zero-order valence-electron chi connectivity index (χ0n) is 11.0. The molecule has 6 heteroatoms. The van der Waals surface area contributed by atoms with Crippen LogP contribution in [-0.4, -0.2) is 28.7 Å². The molecule has 0 aliphatic carbocycles. The van der Waals surface area contributed by atoms with E-state index in [4.69, 9.17) is 29.0 Å². The van der Waals surface area contributed by atoms with E-state index in [0.29, 0.717) is 29.4 Å². The average Bonchev–Trinajstić information content (AvgIpc) is 2.38. The molecule has 106 valence electrons. The number of likely N-dealkylation sites (N-methyl/N-ethyl adjacent to an activating group) is 1. The molecule has 1 aromatic carbocycles. The van der Waals surface area contributed by atoms with E-state index in [9.17, 15) is 9.90 Å². The predicted octanol–water partition coefficient (Wildman–Crippen LogP) is 2.75. The number of nitrogens with zero attached hydrogens (tertiary/aromatic N) is 1. The van der Waals surface area contributed by atoms with Crippen LogP contribution in [0.2, 0.25) is 10.0 Å². The zero-order chi connectivity index (χ0) is 14.6. The number of hydrogen-bond acceptors (Lipinski definition) is 3. The second-order valence-corrected chi connectivity index (χ2v) is 5.03. The van der Waals surface area contributed by atoms with Crippen molar-refractivity contribution in [3.63, 3.8) is 0 Å². The molecule has 4 nitrogen and oxygen atoms in total. The number of nitrogens with two attached hydrogens (primary N) is 1. The van der Waals surface area contributed by atoms with Gasteiger partial charge in [0.2, 0.25) is 0 Å². The van der Waals surface area contributed by atoms with Crippen LogP contribution < -0.4 is 5.84 Å². The summed E-state index contributed by atoms with van der Waals surface area (Å²) in [6.07, 6.45) is 0.998. The summed E-state index contributed by atoms with van der Waals surface area (Å²) < 4.78 is 0. The van der Waals surface area contributed by atoms with Crippen molar-refractivity contribution >= 4 is 29.2 Å². The first-order valence-electron chi connectivity index (χ1n) is 6.12. The summed E-state index contributed by atoms with van der Waals surface area (Å²) in [6.45, 7) is 4.22. The van der Waals surface area contributed by atoms with Crippen molar-refractivity contribution in [1.82, 2.24) is 5.01 Å². The molecule has 0 bridgehead atoms. The van der Waals surface area contributed by atoms with Crippen molar-refractivity contribution in [1.29, 1.82) is 0 Å². The summed E-state index contributed by atoms with van der Waals surface area (Å²) in [4.78, 5) is 11.3. The second kappa shape index (κ2) is 7.10. The maximum atomic E-state index is 11.3. The lowest BCUT2D eigenvalue weighted by atomic mass is 9.98. The van der Waals surface area contributed by atoms with Crippen molar-refractivity contribution < 1.29 is 9.90 Å². The van der Waals surface area contributed by atoms with E-state index < -0.39 is 12.0 Å². The molecule has 1 aromatic rings. The number of hydrogen-bond donors (Lipinski definition) is 2. The molecule has 0 saturated heterocycles. The fourth-order valence-electron chi connectivity index (χ4n) is 1.98. The van der Waals surface area contributed by atoms with Crippen LogP contribution in [0.5, 0.6) is 0 Å². The van der Waals surface area contributed by atoms with E-state index in [1.807, 2.05) is 19.9 Å². The third-order valence-electron chi connectivity index (χ3n) is 3.11. The first kappa shape index (κ1) is 16.2. The lowest BCUT2D eigenvalue weighted by molar-refractivity contribution is -0.143. The molecule has 0 aliphatic rings. The van der Waals surface area contributed by atoms with Crippen LogP contribution in [-0.2, 0) is 17.6 Å². The highest BCUT2D eigenvalue weighted by Gasteiger charge is 2.24. The van der Waals surface area contributed by atoms with Crippen LogP contribution in [0.25, 0.3) is 0 Å². The van der Waals surface area contributed by atoms with E-state index in [-0.39, 0.29) is 0 Å². The van der Waals surface area contributed by atoms with Gasteiger partial charge in [0.25, 0.3) is 0 Å². The fraction of sp³-hybridized carbons (Fsp3) is 0.462. The number of benzene rings is 1. The Bertz CT molecular complexity index is 466. The largest absolute Gasteiger partial charge is 0.480 e.